The van der Waals surface area contributed by atoms with Crippen LogP contribution in [0.1, 0.15) is 58.6 Å². The van der Waals surface area contributed by atoms with E-state index in [1.165, 1.54) is 16.4 Å². The second kappa shape index (κ2) is 7.69. The van der Waals surface area contributed by atoms with Crippen molar-refractivity contribution in [3.63, 3.8) is 0 Å². The zero-order valence-electron chi connectivity index (χ0n) is 18.1. The number of nitrogens with zero attached hydrogens (tertiary/aromatic N) is 2. The number of rotatable bonds is 2. The van der Waals surface area contributed by atoms with Crippen LogP contribution in [0.15, 0.2) is 38.4 Å². The first-order valence-electron chi connectivity index (χ1n) is 10.4. The molecule has 9 nitrogen and oxygen atoms in total. The van der Waals surface area contributed by atoms with Gasteiger partial charge in [0.05, 0.1) is 12.6 Å². The van der Waals surface area contributed by atoms with E-state index in [-0.39, 0.29) is 39.6 Å². The lowest BCUT2D eigenvalue weighted by atomic mass is 9.79. The highest BCUT2D eigenvalue weighted by Crippen LogP contribution is 2.53. The third-order valence-electron chi connectivity index (χ3n) is 6.63. The largest absolute Gasteiger partial charge is 0.490 e. The molecule has 174 valence electrons. The Morgan fingerprint density at radius 1 is 1.30 bits per heavy atom. The number of aromatic nitrogens is 2. The fraction of sp³-hybridized carbons (Fsp3) is 0.364. The van der Waals surface area contributed by atoms with E-state index in [0.717, 1.165) is 22.3 Å². The van der Waals surface area contributed by atoms with Crippen LogP contribution in [0.2, 0.25) is 5.02 Å². The lowest BCUT2D eigenvalue weighted by molar-refractivity contribution is 0.134. The first-order valence-corrected chi connectivity index (χ1v) is 12.2. The monoisotopic (exact) mass is 491 g/mol. The zero-order valence-corrected chi connectivity index (χ0v) is 19.7. The maximum atomic E-state index is 14.1. The highest BCUT2D eigenvalue weighted by Gasteiger charge is 2.51. The first kappa shape index (κ1) is 22.1. The van der Waals surface area contributed by atoms with Gasteiger partial charge in [-0.2, -0.15) is 4.31 Å². The van der Waals surface area contributed by atoms with Crippen LogP contribution < -0.4 is 10.5 Å². The number of H-pyrrole nitrogens is 1. The molecule has 1 aromatic heterocycles. The van der Waals surface area contributed by atoms with E-state index in [4.69, 9.17) is 20.8 Å². The molecular weight excluding hydrogens is 470 g/mol. The standard InChI is InChI=1S/C22H22ClN3O6S/c1-10-4-5-14-16-9-31-17-7-15(23)13(8-27)6-18(17)33(29,30)26(16)20(12(3)19(14)11(10)2)21-24-25-22(28)32-21/h4-7,12,16,20,27H,8-9H2,1-3H3,(H,25,28)/t12-,16?,20+/m1/s1. The summed E-state index contributed by atoms with van der Waals surface area (Å²) in [5.74, 6) is -1.05. The van der Waals surface area contributed by atoms with E-state index < -0.39 is 34.5 Å². The maximum Gasteiger partial charge on any atom is 0.434 e. The summed E-state index contributed by atoms with van der Waals surface area (Å²) >= 11 is 6.22. The van der Waals surface area contributed by atoms with Crippen molar-refractivity contribution in [3.05, 3.63) is 73.5 Å². The third kappa shape index (κ3) is 3.23. The van der Waals surface area contributed by atoms with Gasteiger partial charge in [0.15, 0.2) is 0 Å². The highest BCUT2D eigenvalue weighted by atomic mass is 35.5. The number of aliphatic hydroxyl groups is 1. The Morgan fingerprint density at radius 2 is 2.06 bits per heavy atom. The minimum atomic E-state index is -4.19. The summed E-state index contributed by atoms with van der Waals surface area (Å²) in [4.78, 5) is 11.7. The molecule has 11 heteroatoms. The number of fused-ring (bicyclic) bond motifs is 4. The molecule has 1 unspecified atom stereocenters. The molecule has 0 amide bonds. The van der Waals surface area contributed by atoms with Gasteiger partial charge in [0, 0.05) is 17.0 Å². The van der Waals surface area contributed by atoms with Crippen LogP contribution in [-0.2, 0) is 16.6 Å². The van der Waals surface area contributed by atoms with E-state index >= 15 is 0 Å². The predicted molar refractivity (Wildman–Crippen MR) is 119 cm³/mol. The van der Waals surface area contributed by atoms with Crippen molar-refractivity contribution >= 4 is 21.6 Å². The molecule has 33 heavy (non-hydrogen) atoms. The van der Waals surface area contributed by atoms with Crippen LogP contribution in [0, 0.1) is 13.8 Å². The van der Waals surface area contributed by atoms with Gasteiger partial charge in [-0.05, 0) is 47.7 Å². The number of hydrogen-bond acceptors (Lipinski definition) is 7. The summed E-state index contributed by atoms with van der Waals surface area (Å²) in [6.07, 6.45) is 0. The third-order valence-corrected chi connectivity index (χ3v) is 8.90. The summed E-state index contributed by atoms with van der Waals surface area (Å²) in [5, 5.41) is 16.1. The lowest BCUT2D eigenvalue weighted by Crippen LogP contribution is -2.45. The number of ether oxygens (including phenoxy) is 1. The fourth-order valence-corrected chi connectivity index (χ4v) is 7.11. The molecule has 2 aliphatic heterocycles. The Balaban J connectivity index is 1.82. The summed E-state index contributed by atoms with van der Waals surface area (Å²) < 4.78 is 40.8. The van der Waals surface area contributed by atoms with Crippen molar-refractivity contribution in [3.8, 4) is 5.75 Å². The molecule has 0 spiro atoms. The van der Waals surface area contributed by atoms with Crippen molar-refractivity contribution in [2.45, 2.75) is 50.3 Å². The van der Waals surface area contributed by atoms with Crippen LogP contribution in [-0.4, -0.2) is 34.6 Å². The van der Waals surface area contributed by atoms with Gasteiger partial charge in [-0.1, -0.05) is 30.7 Å². The molecule has 2 N–H and O–H groups in total. The van der Waals surface area contributed by atoms with Crippen LogP contribution >= 0.6 is 11.6 Å². The maximum absolute atomic E-state index is 14.1. The summed E-state index contributed by atoms with van der Waals surface area (Å²) in [6.45, 7) is 5.47. The average molecular weight is 492 g/mol. The molecule has 5 rings (SSSR count). The Hall–Kier alpha value is -2.66. The van der Waals surface area contributed by atoms with Gasteiger partial charge in [-0.3, -0.25) is 0 Å². The molecule has 0 saturated carbocycles. The van der Waals surface area contributed by atoms with Gasteiger partial charge < -0.3 is 14.3 Å². The minimum absolute atomic E-state index is 0.0209. The Labute approximate surface area is 195 Å². The smallest absolute Gasteiger partial charge is 0.434 e. The second-order valence-corrected chi connectivity index (χ2v) is 10.6. The Morgan fingerprint density at radius 3 is 2.73 bits per heavy atom. The molecule has 2 aromatic carbocycles. The molecule has 0 bridgehead atoms. The quantitative estimate of drug-likeness (QED) is 0.564. The van der Waals surface area contributed by atoms with Crippen molar-refractivity contribution in [2.24, 2.45) is 0 Å². The van der Waals surface area contributed by atoms with Crippen LogP contribution in [0.5, 0.6) is 5.75 Å². The molecular formula is C22H22ClN3O6S. The van der Waals surface area contributed by atoms with Crippen LogP contribution in [0.3, 0.4) is 0 Å². The average Bonchev–Trinajstić information content (AvgIpc) is 3.16. The summed E-state index contributed by atoms with van der Waals surface area (Å²) in [7, 11) is -4.19. The number of aliphatic hydroxyl groups excluding tert-OH is 1. The van der Waals surface area contributed by atoms with Gasteiger partial charge in [0.1, 0.15) is 23.3 Å². The molecule has 0 aliphatic carbocycles. The van der Waals surface area contributed by atoms with Crippen molar-refractivity contribution < 1.29 is 22.7 Å². The van der Waals surface area contributed by atoms with Crippen LogP contribution in [0.25, 0.3) is 0 Å². The van der Waals surface area contributed by atoms with E-state index in [1.807, 2.05) is 32.9 Å². The van der Waals surface area contributed by atoms with Gasteiger partial charge in [-0.15, -0.1) is 5.10 Å². The Bertz CT molecular complexity index is 1430. The fourth-order valence-electron chi connectivity index (χ4n) is 4.93. The van der Waals surface area contributed by atoms with Crippen molar-refractivity contribution in [1.29, 1.82) is 0 Å². The first-order chi connectivity index (χ1) is 15.6. The van der Waals surface area contributed by atoms with E-state index in [1.54, 1.807) is 0 Å². The number of aromatic amines is 1. The van der Waals surface area contributed by atoms with Crippen LogP contribution in [0.4, 0.5) is 0 Å². The number of aryl methyl sites for hydroxylation is 1. The predicted octanol–water partition coefficient (Wildman–Crippen LogP) is 3.11. The van der Waals surface area contributed by atoms with Gasteiger partial charge in [-0.25, -0.2) is 18.3 Å². The number of nitrogens with one attached hydrogen (secondary N) is 1. The van der Waals surface area contributed by atoms with Gasteiger partial charge in [0.2, 0.25) is 15.9 Å². The summed E-state index contributed by atoms with van der Waals surface area (Å²) in [5.41, 5.74) is 4.17. The number of halogens is 1. The lowest BCUT2D eigenvalue weighted by Gasteiger charge is -2.43. The molecule has 0 saturated heterocycles. The molecule has 0 fully saturated rings. The van der Waals surface area contributed by atoms with Gasteiger partial charge in [0.25, 0.3) is 0 Å². The SMILES string of the molecule is Cc1ccc2c(c1C)[C@@H](C)[C@@H](c1n[nH]c(=O)o1)N1C2COc2cc(Cl)c(CO)cc2S1(=O)=O. The normalized spacial score (nSPS) is 23.7. The van der Waals surface area contributed by atoms with E-state index in [2.05, 4.69) is 10.2 Å². The topological polar surface area (TPSA) is 126 Å². The van der Waals surface area contributed by atoms with E-state index in [0.29, 0.717) is 0 Å². The van der Waals surface area contributed by atoms with Crippen molar-refractivity contribution in [2.75, 3.05) is 6.61 Å². The second-order valence-electron chi connectivity index (χ2n) is 8.41. The molecule has 3 aromatic rings. The zero-order chi connectivity index (χ0) is 23.7. The van der Waals surface area contributed by atoms with E-state index in [9.17, 15) is 18.3 Å². The molecule has 3 atom stereocenters. The minimum Gasteiger partial charge on any atom is -0.490 e. The molecule has 0 radical (unpaired) electrons. The van der Waals surface area contributed by atoms with Crippen molar-refractivity contribution in [1.82, 2.24) is 14.5 Å². The number of sulfonamides is 1. The van der Waals surface area contributed by atoms with Gasteiger partial charge >= 0.3 is 5.76 Å². The number of hydrogen-bond donors (Lipinski definition) is 2. The molecule has 3 heterocycles. The molecule has 2 aliphatic rings. The number of benzene rings is 2. The summed E-state index contributed by atoms with van der Waals surface area (Å²) in [6, 6.07) is 5.02. The highest BCUT2D eigenvalue weighted by molar-refractivity contribution is 7.89. The Kier molecular flexibility index (Phi) is 5.16.